The second-order valence-corrected chi connectivity index (χ2v) is 4.63. The second kappa shape index (κ2) is 5.63. The van der Waals surface area contributed by atoms with Crippen molar-refractivity contribution >= 4 is 17.4 Å². The van der Waals surface area contributed by atoms with Crippen molar-refractivity contribution < 1.29 is 9.59 Å². The summed E-state index contributed by atoms with van der Waals surface area (Å²) in [5.74, 6) is -0.0524. The van der Waals surface area contributed by atoms with Crippen molar-refractivity contribution in [2.24, 2.45) is 0 Å². The summed E-state index contributed by atoms with van der Waals surface area (Å²) in [4.78, 5) is 22.8. The van der Waals surface area contributed by atoms with Crippen molar-refractivity contribution in [2.75, 3.05) is 5.32 Å². The molecule has 0 radical (unpaired) electrons. The number of hydrogen-bond acceptors (Lipinski definition) is 2. The van der Waals surface area contributed by atoms with Crippen LogP contribution in [-0.2, 0) is 4.79 Å². The zero-order valence-electron chi connectivity index (χ0n) is 10.5. The van der Waals surface area contributed by atoms with E-state index in [1.165, 1.54) is 25.3 Å². The Morgan fingerprint density at radius 3 is 2.28 bits per heavy atom. The lowest BCUT2D eigenvalue weighted by atomic mass is 10.1. The Morgan fingerprint density at radius 2 is 1.72 bits per heavy atom. The SMILES string of the molecule is CC(=O)Nc1ccc(C(=O)C=C2CCCC2)cc1. The van der Waals surface area contributed by atoms with E-state index in [0.29, 0.717) is 11.3 Å². The summed E-state index contributed by atoms with van der Waals surface area (Å²) in [6.45, 7) is 1.46. The first-order valence-electron chi connectivity index (χ1n) is 6.26. The van der Waals surface area contributed by atoms with E-state index in [1.807, 2.05) is 0 Å². The number of ketones is 1. The van der Waals surface area contributed by atoms with Crippen LogP contribution in [0, 0.1) is 0 Å². The molecule has 0 heterocycles. The molecule has 1 amide bonds. The van der Waals surface area contributed by atoms with Gasteiger partial charge in [0.25, 0.3) is 0 Å². The molecule has 1 aliphatic rings. The third-order valence-electron chi connectivity index (χ3n) is 3.07. The monoisotopic (exact) mass is 243 g/mol. The lowest BCUT2D eigenvalue weighted by Gasteiger charge is -2.03. The van der Waals surface area contributed by atoms with Crippen LogP contribution in [0.15, 0.2) is 35.9 Å². The van der Waals surface area contributed by atoms with Gasteiger partial charge in [0.1, 0.15) is 0 Å². The molecule has 1 N–H and O–H groups in total. The first-order valence-corrected chi connectivity index (χ1v) is 6.26. The molecule has 3 nitrogen and oxygen atoms in total. The minimum atomic E-state index is -0.109. The minimum Gasteiger partial charge on any atom is -0.326 e. The molecule has 0 spiro atoms. The predicted octanol–water partition coefficient (Wildman–Crippen LogP) is 3.33. The molecule has 0 unspecified atom stereocenters. The van der Waals surface area contributed by atoms with E-state index in [0.717, 1.165) is 12.8 Å². The Balaban J connectivity index is 2.06. The van der Waals surface area contributed by atoms with Gasteiger partial charge in [-0.25, -0.2) is 0 Å². The normalized spacial score (nSPS) is 14.4. The van der Waals surface area contributed by atoms with Gasteiger partial charge >= 0.3 is 0 Å². The van der Waals surface area contributed by atoms with E-state index in [1.54, 1.807) is 30.3 Å². The molecular weight excluding hydrogens is 226 g/mol. The maximum atomic E-state index is 12.0. The van der Waals surface area contributed by atoms with E-state index >= 15 is 0 Å². The molecule has 1 saturated carbocycles. The van der Waals surface area contributed by atoms with Gasteiger partial charge in [-0.3, -0.25) is 9.59 Å². The van der Waals surface area contributed by atoms with E-state index < -0.39 is 0 Å². The van der Waals surface area contributed by atoms with Crippen LogP contribution in [0.5, 0.6) is 0 Å². The van der Waals surface area contributed by atoms with E-state index in [9.17, 15) is 9.59 Å². The number of carbonyl (C=O) groups is 2. The van der Waals surface area contributed by atoms with E-state index in [4.69, 9.17) is 0 Å². The van der Waals surface area contributed by atoms with Crippen LogP contribution in [-0.4, -0.2) is 11.7 Å². The molecule has 2 rings (SSSR count). The third kappa shape index (κ3) is 3.29. The number of allylic oxidation sites excluding steroid dienone is 2. The van der Waals surface area contributed by atoms with Crippen molar-refractivity contribution in [3.63, 3.8) is 0 Å². The molecule has 1 fully saturated rings. The fourth-order valence-corrected chi connectivity index (χ4v) is 2.16. The highest BCUT2D eigenvalue weighted by atomic mass is 16.1. The zero-order valence-corrected chi connectivity index (χ0v) is 10.5. The Bertz CT molecular complexity index is 478. The van der Waals surface area contributed by atoms with E-state index in [2.05, 4.69) is 5.32 Å². The molecular formula is C15H17NO2. The predicted molar refractivity (Wildman–Crippen MR) is 71.6 cm³/mol. The molecule has 0 atom stereocenters. The summed E-state index contributed by atoms with van der Waals surface area (Å²) in [6.07, 6.45) is 6.26. The Morgan fingerprint density at radius 1 is 1.11 bits per heavy atom. The van der Waals surface area contributed by atoms with Gasteiger partial charge < -0.3 is 5.32 Å². The fraction of sp³-hybridized carbons (Fsp3) is 0.333. The van der Waals surface area contributed by atoms with Crippen LogP contribution < -0.4 is 5.32 Å². The molecule has 1 aliphatic carbocycles. The van der Waals surface area contributed by atoms with Gasteiger partial charge in [-0.05, 0) is 56.0 Å². The number of nitrogens with one attached hydrogen (secondary N) is 1. The lowest BCUT2D eigenvalue weighted by Crippen LogP contribution is -2.05. The highest BCUT2D eigenvalue weighted by molar-refractivity contribution is 6.05. The Labute approximate surface area is 107 Å². The molecule has 0 bridgehead atoms. The third-order valence-corrected chi connectivity index (χ3v) is 3.07. The highest BCUT2D eigenvalue weighted by Gasteiger charge is 2.09. The number of amides is 1. The number of rotatable bonds is 3. The summed E-state index contributed by atoms with van der Waals surface area (Å²) < 4.78 is 0. The molecule has 3 heteroatoms. The summed E-state index contributed by atoms with van der Waals surface area (Å²) in [7, 11) is 0. The van der Waals surface area contributed by atoms with Crippen LogP contribution in [0.4, 0.5) is 5.69 Å². The Hall–Kier alpha value is -1.90. The van der Waals surface area contributed by atoms with Crippen LogP contribution in [0.25, 0.3) is 0 Å². The van der Waals surface area contributed by atoms with Crippen LogP contribution in [0.3, 0.4) is 0 Å². The number of carbonyl (C=O) groups excluding carboxylic acids is 2. The molecule has 1 aromatic rings. The zero-order chi connectivity index (χ0) is 13.0. The molecule has 1 aromatic carbocycles. The van der Waals surface area contributed by atoms with Crippen LogP contribution in [0.1, 0.15) is 43.0 Å². The van der Waals surface area contributed by atoms with E-state index in [-0.39, 0.29) is 11.7 Å². The fourth-order valence-electron chi connectivity index (χ4n) is 2.16. The topological polar surface area (TPSA) is 46.2 Å². The maximum Gasteiger partial charge on any atom is 0.221 e. The van der Waals surface area contributed by atoms with Gasteiger partial charge in [-0.15, -0.1) is 0 Å². The molecule has 0 aliphatic heterocycles. The number of anilines is 1. The number of hydrogen-bond donors (Lipinski definition) is 1. The van der Waals surface area contributed by atoms with Gasteiger partial charge in [0, 0.05) is 18.2 Å². The standard InChI is InChI=1S/C15H17NO2/c1-11(17)16-14-8-6-13(7-9-14)15(18)10-12-4-2-3-5-12/h6-10H,2-5H2,1H3,(H,16,17). The van der Waals surface area contributed by atoms with Crippen molar-refractivity contribution in [3.8, 4) is 0 Å². The Kier molecular flexibility index (Phi) is 3.92. The molecule has 18 heavy (non-hydrogen) atoms. The quantitative estimate of drug-likeness (QED) is 0.653. The van der Waals surface area contributed by atoms with Crippen molar-refractivity contribution in [1.29, 1.82) is 0 Å². The summed E-state index contributed by atoms with van der Waals surface area (Å²) in [6, 6.07) is 7.00. The van der Waals surface area contributed by atoms with Crippen LogP contribution in [0.2, 0.25) is 0 Å². The van der Waals surface area contributed by atoms with Crippen molar-refractivity contribution in [3.05, 3.63) is 41.5 Å². The van der Waals surface area contributed by atoms with Gasteiger partial charge in [0.05, 0.1) is 0 Å². The van der Waals surface area contributed by atoms with Gasteiger partial charge in [-0.2, -0.15) is 0 Å². The largest absolute Gasteiger partial charge is 0.326 e. The smallest absolute Gasteiger partial charge is 0.221 e. The van der Waals surface area contributed by atoms with Gasteiger partial charge in [0.15, 0.2) is 5.78 Å². The molecule has 0 aromatic heterocycles. The summed E-state index contributed by atoms with van der Waals surface area (Å²) in [5, 5.41) is 2.68. The minimum absolute atomic E-state index is 0.0567. The first-order chi connectivity index (χ1) is 8.65. The maximum absolute atomic E-state index is 12.0. The first kappa shape index (κ1) is 12.6. The van der Waals surface area contributed by atoms with Crippen molar-refractivity contribution in [1.82, 2.24) is 0 Å². The average Bonchev–Trinajstić information content (AvgIpc) is 2.82. The molecule has 0 saturated heterocycles. The lowest BCUT2D eigenvalue weighted by molar-refractivity contribution is -0.114. The van der Waals surface area contributed by atoms with Crippen LogP contribution >= 0.6 is 0 Å². The number of benzene rings is 1. The summed E-state index contributed by atoms with van der Waals surface area (Å²) >= 11 is 0. The van der Waals surface area contributed by atoms with Crippen molar-refractivity contribution in [2.45, 2.75) is 32.6 Å². The van der Waals surface area contributed by atoms with Gasteiger partial charge in [0.2, 0.25) is 5.91 Å². The van der Waals surface area contributed by atoms with Gasteiger partial charge in [-0.1, -0.05) is 5.57 Å². The highest BCUT2D eigenvalue weighted by Crippen LogP contribution is 2.24. The second-order valence-electron chi connectivity index (χ2n) is 4.63. The average molecular weight is 243 g/mol. The molecule has 94 valence electrons. The summed E-state index contributed by atoms with van der Waals surface area (Å²) in [5.41, 5.74) is 2.64.